The Bertz CT molecular complexity index is 650. The van der Waals surface area contributed by atoms with E-state index in [9.17, 15) is 4.79 Å². The largest absolute Gasteiger partial charge is 0.602 e. The zero-order chi connectivity index (χ0) is 20.5. The standard InChI is InChI=1S/C18H28Cl3N2O3/c1-16(2,3)14(25-8)13-11-12(22(6)7)9-10-23(13)15(24)26-17(4,5)18(19,20)21/h9-11,14H,1-8H3/q+1/t14-/m0/s1. The second kappa shape index (κ2) is 8.09. The molecule has 0 unspecified atom stereocenters. The third-order valence-electron chi connectivity index (χ3n) is 4.00. The molecule has 0 amide bonds. The molecule has 1 aromatic rings. The Hall–Kier alpha value is -0.750. The van der Waals surface area contributed by atoms with Crippen LogP contribution in [-0.4, -0.2) is 36.7 Å². The Labute approximate surface area is 171 Å². The number of alkyl halides is 3. The van der Waals surface area contributed by atoms with Crippen LogP contribution in [0.2, 0.25) is 0 Å². The van der Waals surface area contributed by atoms with E-state index in [1.54, 1.807) is 27.2 Å². The lowest BCUT2D eigenvalue weighted by atomic mass is 9.86. The molecule has 1 atom stereocenters. The first-order valence-corrected chi connectivity index (χ1v) is 9.31. The number of pyridine rings is 1. The van der Waals surface area contributed by atoms with E-state index in [1.165, 1.54) is 4.57 Å². The van der Waals surface area contributed by atoms with Gasteiger partial charge < -0.3 is 14.4 Å². The first-order valence-electron chi connectivity index (χ1n) is 8.17. The molecule has 0 fully saturated rings. The van der Waals surface area contributed by atoms with Gasteiger partial charge in [-0.15, -0.1) is 0 Å². The van der Waals surface area contributed by atoms with Crippen LogP contribution in [-0.2, 0) is 9.47 Å². The van der Waals surface area contributed by atoms with Gasteiger partial charge in [0.2, 0.25) is 9.49 Å². The van der Waals surface area contributed by atoms with E-state index in [2.05, 4.69) is 0 Å². The average Bonchev–Trinajstić information content (AvgIpc) is 2.44. The summed E-state index contributed by atoms with van der Waals surface area (Å²) in [7, 11) is 5.46. The number of carbonyl (C=O) groups is 1. The second-order valence-electron chi connectivity index (χ2n) is 7.93. The highest BCUT2D eigenvalue weighted by atomic mass is 35.6. The van der Waals surface area contributed by atoms with Gasteiger partial charge in [0.05, 0.1) is 0 Å². The van der Waals surface area contributed by atoms with Crippen molar-refractivity contribution in [1.82, 2.24) is 0 Å². The minimum absolute atomic E-state index is 0.257. The quantitative estimate of drug-likeness (QED) is 0.507. The van der Waals surface area contributed by atoms with Gasteiger partial charge in [-0.25, -0.2) is 0 Å². The first-order chi connectivity index (χ1) is 11.6. The molecule has 0 saturated carbocycles. The zero-order valence-electron chi connectivity index (χ0n) is 16.6. The van der Waals surface area contributed by atoms with Crippen LogP contribution in [0.4, 0.5) is 10.5 Å². The van der Waals surface area contributed by atoms with Gasteiger partial charge in [-0.2, -0.15) is 4.79 Å². The van der Waals surface area contributed by atoms with Crippen LogP contribution < -0.4 is 9.47 Å². The van der Waals surface area contributed by atoms with Gasteiger partial charge in [-0.1, -0.05) is 60.1 Å². The summed E-state index contributed by atoms with van der Waals surface area (Å²) in [4.78, 5) is 14.8. The predicted octanol–water partition coefficient (Wildman–Crippen LogP) is 4.91. The molecule has 0 aliphatic carbocycles. The van der Waals surface area contributed by atoms with Crippen molar-refractivity contribution in [2.45, 2.75) is 50.1 Å². The highest BCUT2D eigenvalue weighted by molar-refractivity contribution is 6.68. The molecule has 8 heteroatoms. The molecule has 0 saturated heterocycles. The topological polar surface area (TPSA) is 42.7 Å². The maximum absolute atomic E-state index is 12.9. The van der Waals surface area contributed by atoms with Gasteiger partial charge in [0.15, 0.2) is 11.8 Å². The summed E-state index contributed by atoms with van der Waals surface area (Å²) in [6.45, 7) is 9.19. The number of anilines is 1. The van der Waals surface area contributed by atoms with Crippen molar-refractivity contribution in [2.75, 3.05) is 26.1 Å². The number of carbonyl (C=O) groups excluding carboxylic acids is 1. The summed E-state index contributed by atoms with van der Waals surface area (Å²) in [5, 5.41) is 0. The second-order valence-corrected chi connectivity index (χ2v) is 10.2. The summed E-state index contributed by atoms with van der Waals surface area (Å²) in [5.74, 6) is 0. The SMILES string of the molecule is CO[C@@H](c1cc(N(C)C)cc[n+]1C(=O)OC(C)(C)C(Cl)(Cl)Cl)C(C)(C)C. The Kier molecular flexibility index (Phi) is 7.25. The molecule has 0 aromatic carbocycles. The number of ether oxygens (including phenoxy) is 2. The summed E-state index contributed by atoms with van der Waals surface area (Å²) in [5.41, 5.74) is 0.00278. The number of rotatable bonds is 4. The Morgan fingerprint density at radius 1 is 1.15 bits per heavy atom. The van der Waals surface area contributed by atoms with Crippen molar-refractivity contribution < 1.29 is 18.8 Å². The van der Waals surface area contributed by atoms with Crippen LogP contribution in [0, 0.1) is 5.41 Å². The third-order valence-corrected chi connectivity index (χ3v) is 5.36. The highest BCUT2D eigenvalue weighted by Gasteiger charge is 2.47. The summed E-state index contributed by atoms with van der Waals surface area (Å²) >= 11 is 17.8. The molecule has 5 nitrogen and oxygen atoms in total. The van der Waals surface area contributed by atoms with E-state index in [-0.39, 0.29) is 11.5 Å². The van der Waals surface area contributed by atoms with Crippen molar-refractivity contribution in [1.29, 1.82) is 0 Å². The summed E-state index contributed by atoms with van der Waals surface area (Å²) in [6, 6.07) is 3.70. The molecule has 26 heavy (non-hydrogen) atoms. The molecule has 0 aliphatic heterocycles. The van der Waals surface area contributed by atoms with Gasteiger partial charge in [-0.3, -0.25) is 0 Å². The Morgan fingerprint density at radius 3 is 2.08 bits per heavy atom. The van der Waals surface area contributed by atoms with Gasteiger partial charge in [0.25, 0.3) is 0 Å². The summed E-state index contributed by atoms with van der Waals surface area (Å²) < 4.78 is 10.8. The van der Waals surface area contributed by atoms with Crippen molar-refractivity contribution in [2.24, 2.45) is 5.41 Å². The zero-order valence-corrected chi connectivity index (χ0v) is 18.8. The lowest BCUT2D eigenvalue weighted by Gasteiger charge is -2.31. The van der Waals surface area contributed by atoms with Crippen molar-refractivity contribution in [3.8, 4) is 0 Å². The van der Waals surface area contributed by atoms with Crippen LogP contribution >= 0.6 is 34.8 Å². The number of hydrogen-bond donors (Lipinski definition) is 0. The first kappa shape index (κ1) is 23.3. The van der Waals surface area contributed by atoms with Crippen molar-refractivity contribution in [3.63, 3.8) is 0 Å². The third kappa shape index (κ3) is 5.38. The van der Waals surface area contributed by atoms with Gasteiger partial charge in [0, 0.05) is 39.0 Å². The van der Waals surface area contributed by atoms with E-state index in [0.29, 0.717) is 5.69 Å². The maximum Gasteiger partial charge on any atom is 0.602 e. The molecule has 0 bridgehead atoms. The molecule has 148 valence electrons. The fraction of sp³-hybridized carbons (Fsp3) is 0.667. The molecule has 1 aromatic heterocycles. The van der Waals surface area contributed by atoms with Crippen LogP contribution in [0.1, 0.15) is 46.4 Å². The van der Waals surface area contributed by atoms with Crippen LogP contribution in [0.15, 0.2) is 18.3 Å². The number of aromatic nitrogens is 1. The van der Waals surface area contributed by atoms with Crippen LogP contribution in [0.3, 0.4) is 0 Å². The maximum atomic E-state index is 12.9. The highest BCUT2D eigenvalue weighted by Crippen LogP contribution is 2.40. The number of methoxy groups -OCH3 is 1. The molecular formula is C18H28Cl3N2O3+. The normalized spacial score (nSPS) is 14.1. The van der Waals surface area contributed by atoms with Crippen LogP contribution in [0.5, 0.6) is 0 Å². The van der Waals surface area contributed by atoms with Gasteiger partial charge >= 0.3 is 6.09 Å². The molecular weight excluding hydrogens is 399 g/mol. The predicted molar refractivity (Wildman–Crippen MR) is 106 cm³/mol. The molecule has 0 spiro atoms. The van der Waals surface area contributed by atoms with E-state index >= 15 is 0 Å². The minimum Gasteiger partial charge on any atom is -0.401 e. The lowest BCUT2D eigenvalue weighted by Crippen LogP contribution is -2.54. The monoisotopic (exact) mass is 425 g/mol. The molecule has 1 rings (SSSR count). The molecule has 1 heterocycles. The average molecular weight is 427 g/mol. The van der Waals surface area contributed by atoms with Crippen LogP contribution in [0.25, 0.3) is 0 Å². The van der Waals surface area contributed by atoms with E-state index < -0.39 is 15.5 Å². The number of nitrogens with zero attached hydrogens (tertiary/aromatic N) is 2. The minimum atomic E-state index is -1.77. The number of halogens is 3. The molecule has 0 N–H and O–H groups in total. The fourth-order valence-electron chi connectivity index (χ4n) is 2.40. The van der Waals surface area contributed by atoms with E-state index in [4.69, 9.17) is 44.3 Å². The lowest BCUT2D eigenvalue weighted by molar-refractivity contribution is -0.602. The van der Waals surface area contributed by atoms with E-state index in [1.807, 2.05) is 51.9 Å². The van der Waals surface area contributed by atoms with E-state index in [0.717, 1.165) is 5.69 Å². The molecule has 0 radical (unpaired) electrons. The fourth-order valence-corrected chi connectivity index (χ4v) is 2.51. The summed E-state index contributed by atoms with van der Waals surface area (Å²) in [6.07, 6.45) is 0.637. The smallest absolute Gasteiger partial charge is 0.401 e. The Morgan fingerprint density at radius 2 is 1.69 bits per heavy atom. The number of hydrogen-bond acceptors (Lipinski definition) is 4. The Balaban J connectivity index is 3.44. The van der Waals surface area contributed by atoms with Crippen molar-refractivity contribution in [3.05, 3.63) is 24.0 Å². The van der Waals surface area contributed by atoms with Gasteiger partial charge in [-0.05, 0) is 19.3 Å². The van der Waals surface area contributed by atoms with Gasteiger partial charge in [0.1, 0.15) is 6.10 Å². The molecule has 0 aliphatic rings. The van der Waals surface area contributed by atoms with Crippen molar-refractivity contribution >= 4 is 46.6 Å².